The first-order valence-electron chi connectivity index (χ1n) is 9.24. The van der Waals surface area contributed by atoms with Crippen molar-refractivity contribution in [2.24, 2.45) is 0 Å². The average Bonchev–Trinajstić information content (AvgIpc) is 2.55. The largest absolute Gasteiger partial charge is 0.383 e. The quantitative estimate of drug-likeness (QED) is 0.784. The Labute approximate surface area is 150 Å². The number of nitrogens with two attached hydrogens (primary N) is 1. The molecule has 1 aromatic heterocycles. The van der Waals surface area contributed by atoms with Crippen LogP contribution in [0.5, 0.6) is 0 Å². The van der Waals surface area contributed by atoms with Gasteiger partial charge >= 0.3 is 0 Å². The van der Waals surface area contributed by atoms with Gasteiger partial charge in [0.2, 0.25) is 0 Å². The second-order valence-corrected chi connectivity index (χ2v) is 8.03. The lowest BCUT2D eigenvalue weighted by atomic mass is 9.84. The van der Waals surface area contributed by atoms with Gasteiger partial charge < -0.3 is 5.73 Å². The van der Waals surface area contributed by atoms with Gasteiger partial charge in [-0.25, -0.2) is 4.98 Å². The Morgan fingerprint density at radius 2 is 1.64 bits per heavy atom. The molecule has 3 heteroatoms. The number of fused-ring (bicyclic) bond motifs is 1. The van der Waals surface area contributed by atoms with E-state index in [-0.39, 0.29) is 5.41 Å². The molecule has 1 heterocycles. The molecule has 0 atom stereocenters. The fourth-order valence-corrected chi connectivity index (χ4v) is 3.68. The fraction of sp³-hybridized carbons (Fsp3) is 0.455. The van der Waals surface area contributed by atoms with E-state index in [0.29, 0.717) is 11.4 Å². The highest BCUT2D eigenvalue weighted by Crippen LogP contribution is 2.36. The SMILES string of the molecule is CC(C)(C)c1ccc(-c2c(C#N)c(N)nc3c2CCCCCC3)cc1. The zero-order chi connectivity index (χ0) is 18.0. The highest BCUT2D eigenvalue weighted by atomic mass is 14.9. The van der Waals surface area contributed by atoms with Crippen LogP contribution in [0.25, 0.3) is 11.1 Å². The minimum absolute atomic E-state index is 0.114. The first-order chi connectivity index (χ1) is 11.9. The molecule has 2 N–H and O–H groups in total. The van der Waals surface area contributed by atoms with Crippen molar-refractivity contribution in [3.8, 4) is 17.2 Å². The summed E-state index contributed by atoms with van der Waals surface area (Å²) in [6.45, 7) is 6.63. The van der Waals surface area contributed by atoms with Gasteiger partial charge in [-0.1, -0.05) is 57.9 Å². The maximum Gasteiger partial charge on any atom is 0.142 e. The van der Waals surface area contributed by atoms with Crippen LogP contribution >= 0.6 is 0 Å². The maximum absolute atomic E-state index is 9.70. The van der Waals surface area contributed by atoms with Crippen molar-refractivity contribution in [1.29, 1.82) is 5.26 Å². The predicted molar refractivity (Wildman–Crippen MR) is 103 cm³/mol. The van der Waals surface area contributed by atoms with Crippen LogP contribution in [0.4, 0.5) is 5.82 Å². The van der Waals surface area contributed by atoms with Crippen LogP contribution in [0.1, 0.15) is 68.8 Å². The molecule has 0 bridgehead atoms. The second kappa shape index (κ2) is 6.88. The molecule has 2 aromatic rings. The van der Waals surface area contributed by atoms with E-state index in [1.165, 1.54) is 24.0 Å². The summed E-state index contributed by atoms with van der Waals surface area (Å²) >= 11 is 0. The molecule has 0 fully saturated rings. The summed E-state index contributed by atoms with van der Waals surface area (Å²) in [6, 6.07) is 10.9. The summed E-state index contributed by atoms with van der Waals surface area (Å²) in [4.78, 5) is 4.58. The summed E-state index contributed by atoms with van der Waals surface area (Å²) in [5.74, 6) is 0.372. The molecule has 3 nitrogen and oxygen atoms in total. The van der Waals surface area contributed by atoms with Gasteiger partial charge in [-0.15, -0.1) is 0 Å². The average molecular weight is 333 g/mol. The van der Waals surface area contributed by atoms with Crippen LogP contribution in [0.3, 0.4) is 0 Å². The Kier molecular flexibility index (Phi) is 4.81. The lowest BCUT2D eigenvalue weighted by Gasteiger charge is -2.22. The lowest BCUT2D eigenvalue weighted by molar-refractivity contribution is 0.590. The molecule has 25 heavy (non-hydrogen) atoms. The van der Waals surface area contributed by atoms with Crippen molar-refractivity contribution < 1.29 is 0 Å². The number of nitrogen functional groups attached to an aromatic ring is 1. The van der Waals surface area contributed by atoms with Crippen molar-refractivity contribution in [3.63, 3.8) is 0 Å². The van der Waals surface area contributed by atoms with E-state index in [1.807, 2.05) is 0 Å². The third kappa shape index (κ3) is 3.54. The fourth-order valence-electron chi connectivity index (χ4n) is 3.68. The zero-order valence-corrected chi connectivity index (χ0v) is 15.5. The van der Waals surface area contributed by atoms with Crippen LogP contribution in [0.2, 0.25) is 0 Å². The minimum atomic E-state index is 0.114. The number of hydrogen-bond acceptors (Lipinski definition) is 3. The number of pyridine rings is 1. The van der Waals surface area contributed by atoms with E-state index in [0.717, 1.165) is 42.5 Å². The Hall–Kier alpha value is -2.34. The number of nitrogens with zero attached hydrogens (tertiary/aromatic N) is 2. The van der Waals surface area contributed by atoms with Crippen molar-refractivity contribution >= 4 is 5.82 Å². The molecule has 3 rings (SSSR count). The van der Waals surface area contributed by atoms with Gasteiger partial charge in [0.05, 0.1) is 0 Å². The number of aryl methyl sites for hydroxylation is 1. The molecule has 130 valence electrons. The number of aromatic nitrogens is 1. The lowest BCUT2D eigenvalue weighted by Crippen LogP contribution is -2.11. The Bertz CT molecular complexity index is 805. The van der Waals surface area contributed by atoms with Gasteiger partial charge in [0.1, 0.15) is 17.5 Å². The molecule has 0 radical (unpaired) electrons. The van der Waals surface area contributed by atoms with E-state index >= 15 is 0 Å². The zero-order valence-electron chi connectivity index (χ0n) is 15.5. The van der Waals surface area contributed by atoms with Crippen LogP contribution in [-0.2, 0) is 18.3 Å². The molecule has 1 aliphatic rings. The van der Waals surface area contributed by atoms with Gasteiger partial charge in [0.15, 0.2) is 0 Å². The summed E-state index contributed by atoms with van der Waals surface area (Å²) in [5.41, 5.74) is 12.5. The molecule has 0 saturated heterocycles. The van der Waals surface area contributed by atoms with Gasteiger partial charge in [0.25, 0.3) is 0 Å². The molecule has 0 aliphatic heterocycles. The van der Waals surface area contributed by atoms with Crippen LogP contribution in [-0.4, -0.2) is 4.98 Å². The highest BCUT2D eigenvalue weighted by molar-refractivity contribution is 5.79. The molecule has 1 aliphatic carbocycles. The highest BCUT2D eigenvalue weighted by Gasteiger charge is 2.21. The number of hydrogen-bond donors (Lipinski definition) is 1. The van der Waals surface area contributed by atoms with Crippen molar-refractivity contribution in [2.75, 3.05) is 5.73 Å². The van der Waals surface area contributed by atoms with Crippen molar-refractivity contribution in [3.05, 3.63) is 46.6 Å². The van der Waals surface area contributed by atoms with E-state index in [4.69, 9.17) is 5.73 Å². The Balaban J connectivity index is 2.18. The molecular weight excluding hydrogens is 306 g/mol. The first kappa shape index (κ1) is 17.5. The monoisotopic (exact) mass is 333 g/mol. The second-order valence-electron chi connectivity index (χ2n) is 8.03. The number of benzene rings is 1. The normalized spacial score (nSPS) is 15.0. The van der Waals surface area contributed by atoms with Crippen LogP contribution in [0, 0.1) is 11.3 Å². The number of anilines is 1. The van der Waals surface area contributed by atoms with Gasteiger partial charge in [-0.2, -0.15) is 5.26 Å². The van der Waals surface area contributed by atoms with E-state index in [2.05, 4.69) is 56.1 Å². The smallest absolute Gasteiger partial charge is 0.142 e. The van der Waals surface area contributed by atoms with Gasteiger partial charge in [-0.05, 0) is 47.8 Å². The predicted octanol–water partition coefficient (Wildman–Crippen LogP) is 5.16. The van der Waals surface area contributed by atoms with E-state index in [9.17, 15) is 5.26 Å². The molecular formula is C22H27N3. The van der Waals surface area contributed by atoms with Crippen molar-refractivity contribution in [2.45, 2.75) is 64.7 Å². The third-order valence-corrected chi connectivity index (χ3v) is 5.15. The standard InChI is InChI=1S/C22H27N3/c1-22(2,3)16-12-10-15(11-13-16)20-17-8-6-4-5-7-9-19(17)25-21(24)18(20)14-23/h10-13H,4-9H2,1-3H3,(H2,24,25). The van der Waals surface area contributed by atoms with E-state index in [1.54, 1.807) is 0 Å². The topological polar surface area (TPSA) is 62.7 Å². The maximum atomic E-state index is 9.70. The summed E-state index contributed by atoms with van der Waals surface area (Å²) in [6.07, 6.45) is 6.72. The molecule has 0 amide bonds. The first-order valence-corrected chi connectivity index (χ1v) is 9.24. The molecule has 0 spiro atoms. The summed E-state index contributed by atoms with van der Waals surface area (Å²) in [5, 5.41) is 9.70. The number of nitriles is 1. The number of rotatable bonds is 1. The minimum Gasteiger partial charge on any atom is -0.383 e. The van der Waals surface area contributed by atoms with Crippen LogP contribution < -0.4 is 5.73 Å². The summed E-state index contributed by atoms with van der Waals surface area (Å²) in [7, 11) is 0. The molecule has 0 unspecified atom stereocenters. The van der Waals surface area contributed by atoms with E-state index < -0.39 is 0 Å². The summed E-state index contributed by atoms with van der Waals surface area (Å²) < 4.78 is 0. The molecule has 1 aromatic carbocycles. The Morgan fingerprint density at radius 1 is 1.00 bits per heavy atom. The third-order valence-electron chi connectivity index (χ3n) is 5.15. The van der Waals surface area contributed by atoms with Gasteiger partial charge in [0, 0.05) is 11.3 Å². The van der Waals surface area contributed by atoms with Crippen LogP contribution in [0.15, 0.2) is 24.3 Å². The Morgan fingerprint density at radius 3 is 2.24 bits per heavy atom. The molecule has 0 saturated carbocycles. The van der Waals surface area contributed by atoms with Gasteiger partial charge in [-0.3, -0.25) is 0 Å². The van der Waals surface area contributed by atoms with Crippen molar-refractivity contribution in [1.82, 2.24) is 4.98 Å².